The summed E-state index contributed by atoms with van der Waals surface area (Å²) < 4.78 is 0. The largest absolute Gasteiger partial charge is 0.295 e. The van der Waals surface area contributed by atoms with Crippen molar-refractivity contribution in [1.82, 2.24) is 0 Å². The van der Waals surface area contributed by atoms with E-state index in [1.807, 2.05) is 0 Å². The van der Waals surface area contributed by atoms with Gasteiger partial charge in [0.15, 0.2) is 5.78 Å². The van der Waals surface area contributed by atoms with Crippen LogP contribution in [-0.4, -0.2) is 5.78 Å². The molecule has 0 amide bonds. The Bertz CT molecular complexity index is 135. The summed E-state index contributed by atoms with van der Waals surface area (Å²) in [5, 5.41) is 0.387. The molecule has 0 aliphatic rings. The van der Waals surface area contributed by atoms with Gasteiger partial charge in [-0.3, -0.25) is 4.79 Å². The topological polar surface area (TPSA) is 17.1 Å². The second-order valence-electron chi connectivity index (χ2n) is 1.34. The number of hydrogen-bond donors (Lipinski definition) is 0. The van der Waals surface area contributed by atoms with Gasteiger partial charge >= 0.3 is 0 Å². The number of carbonyl (C=O) groups is 1. The van der Waals surface area contributed by atoms with E-state index < -0.39 is 0 Å². The zero-order valence-electron chi connectivity index (χ0n) is 4.65. The molecule has 0 fully saturated rings. The number of carbonyl (C=O) groups excluding carboxylic acids is 1. The molecule has 0 aliphatic heterocycles. The molecule has 0 unspecified atom stereocenters. The van der Waals surface area contributed by atoms with Crippen LogP contribution < -0.4 is 0 Å². The van der Waals surface area contributed by atoms with Gasteiger partial charge < -0.3 is 0 Å². The van der Waals surface area contributed by atoms with Crippen molar-refractivity contribution >= 4 is 17.4 Å². The van der Waals surface area contributed by atoms with E-state index in [-0.39, 0.29) is 5.78 Å². The molecule has 0 aromatic rings. The van der Waals surface area contributed by atoms with E-state index in [1.165, 1.54) is 19.1 Å². The predicted octanol–water partition coefficient (Wildman–Crippen LogP) is 1.88. The van der Waals surface area contributed by atoms with E-state index >= 15 is 0 Å². The number of allylic oxidation sites excluding steroid dienone is 3. The van der Waals surface area contributed by atoms with Gasteiger partial charge in [-0.15, -0.1) is 0 Å². The first-order valence-corrected chi connectivity index (χ1v) is 2.55. The molecule has 0 atom stereocenters. The molecular formula is C6H7ClO. The lowest BCUT2D eigenvalue weighted by atomic mass is 10.4. The summed E-state index contributed by atoms with van der Waals surface area (Å²) >= 11 is 5.38. The minimum Gasteiger partial charge on any atom is -0.295 e. The van der Waals surface area contributed by atoms with Crippen LogP contribution in [0.4, 0.5) is 0 Å². The molecule has 0 heterocycles. The fourth-order valence-electron chi connectivity index (χ4n) is 0.253. The summed E-state index contributed by atoms with van der Waals surface area (Å²) in [5.74, 6) is -0.0603. The van der Waals surface area contributed by atoms with Crippen molar-refractivity contribution in [3.05, 3.63) is 23.8 Å². The molecule has 0 saturated heterocycles. The van der Waals surface area contributed by atoms with E-state index in [2.05, 4.69) is 6.58 Å². The first kappa shape index (κ1) is 7.44. The maximum Gasteiger partial charge on any atom is 0.154 e. The molecular weight excluding hydrogens is 124 g/mol. The second kappa shape index (κ2) is 3.44. The molecule has 0 aromatic carbocycles. The molecule has 0 spiro atoms. The maximum absolute atomic E-state index is 10.2. The van der Waals surface area contributed by atoms with Crippen LogP contribution in [0.5, 0.6) is 0 Å². The quantitative estimate of drug-likeness (QED) is 0.412. The monoisotopic (exact) mass is 130 g/mol. The van der Waals surface area contributed by atoms with Gasteiger partial charge in [-0.05, 0) is 13.0 Å². The normalized spacial score (nSPS) is 11.0. The zero-order valence-corrected chi connectivity index (χ0v) is 5.40. The maximum atomic E-state index is 10.2. The zero-order chi connectivity index (χ0) is 6.57. The highest BCUT2D eigenvalue weighted by Crippen LogP contribution is 1.99. The van der Waals surface area contributed by atoms with Crippen LogP contribution in [0.1, 0.15) is 6.92 Å². The highest BCUT2D eigenvalue weighted by molar-refractivity contribution is 6.32. The van der Waals surface area contributed by atoms with Gasteiger partial charge in [0.1, 0.15) is 0 Å². The Morgan fingerprint density at radius 2 is 2.25 bits per heavy atom. The summed E-state index contributed by atoms with van der Waals surface area (Å²) in [5.41, 5.74) is 0. The van der Waals surface area contributed by atoms with E-state index in [9.17, 15) is 4.79 Å². The Kier molecular flexibility index (Phi) is 3.20. The second-order valence-corrected chi connectivity index (χ2v) is 1.78. The minimum atomic E-state index is -0.0603. The lowest BCUT2D eigenvalue weighted by Crippen LogP contribution is -1.80. The summed E-state index contributed by atoms with van der Waals surface area (Å²) in [4.78, 5) is 10.2. The number of ketones is 1. The number of halogens is 1. The van der Waals surface area contributed by atoms with Crippen LogP contribution in [-0.2, 0) is 4.79 Å². The molecule has 8 heavy (non-hydrogen) atoms. The van der Waals surface area contributed by atoms with Gasteiger partial charge in [0.25, 0.3) is 0 Å². The third-order valence-electron chi connectivity index (χ3n) is 0.536. The summed E-state index contributed by atoms with van der Waals surface area (Å²) in [7, 11) is 0. The lowest BCUT2D eigenvalue weighted by molar-refractivity contribution is -0.112. The Morgan fingerprint density at radius 3 is 2.38 bits per heavy atom. The predicted molar refractivity (Wildman–Crippen MR) is 34.8 cm³/mol. The SMILES string of the molecule is C=CC(Cl)=CC(C)=O. The minimum absolute atomic E-state index is 0.0603. The van der Waals surface area contributed by atoms with Crippen molar-refractivity contribution in [2.75, 3.05) is 0 Å². The van der Waals surface area contributed by atoms with Crippen molar-refractivity contribution in [2.24, 2.45) is 0 Å². The van der Waals surface area contributed by atoms with Crippen LogP contribution in [0.25, 0.3) is 0 Å². The van der Waals surface area contributed by atoms with Crippen molar-refractivity contribution in [3.8, 4) is 0 Å². The highest BCUT2D eigenvalue weighted by atomic mass is 35.5. The van der Waals surface area contributed by atoms with Crippen LogP contribution in [0, 0.1) is 0 Å². The summed E-state index contributed by atoms with van der Waals surface area (Å²) in [6.45, 7) is 4.80. The first-order chi connectivity index (χ1) is 3.66. The fourth-order valence-corrected chi connectivity index (χ4v) is 0.407. The third-order valence-corrected chi connectivity index (χ3v) is 0.800. The van der Waals surface area contributed by atoms with Gasteiger partial charge in [0.2, 0.25) is 0 Å². The van der Waals surface area contributed by atoms with E-state index in [0.29, 0.717) is 5.03 Å². The summed E-state index contributed by atoms with van der Waals surface area (Å²) in [6.07, 6.45) is 2.73. The van der Waals surface area contributed by atoms with Crippen LogP contribution in [0.15, 0.2) is 23.8 Å². The molecule has 0 rings (SSSR count). The average molecular weight is 131 g/mol. The fraction of sp³-hybridized carbons (Fsp3) is 0.167. The van der Waals surface area contributed by atoms with Gasteiger partial charge in [-0.2, -0.15) is 0 Å². The molecule has 2 heteroatoms. The molecule has 0 aliphatic carbocycles. The van der Waals surface area contributed by atoms with Gasteiger partial charge in [-0.25, -0.2) is 0 Å². The Morgan fingerprint density at radius 1 is 1.75 bits per heavy atom. The molecule has 0 saturated carbocycles. The molecule has 0 aromatic heterocycles. The van der Waals surface area contributed by atoms with Crippen molar-refractivity contribution in [2.45, 2.75) is 6.92 Å². The van der Waals surface area contributed by atoms with Crippen molar-refractivity contribution < 1.29 is 4.79 Å². The van der Waals surface area contributed by atoms with Gasteiger partial charge in [0.05, 0.1) is 0 Å². The number of hydrogen-bond acceptors (Lipinski definition) is 1. The first-order valence-electron chi connectivity index (χ1n) is 2.17. The molecule has 44 valence electrons. The third kappa shape index (κ3) is 3.62. The van der Waals surface area contributed by atoms with Crippen LogP contribution in [0.2, 0.25) is 0 Å². The van der Waals surface area contributed by atoms with Crippen LogP contribution >= 0.6 is 11.6 Å². The Labute approximate surface area is 53.6 Å². The molecule has 1 nitrogen and oxygen atoms in total. The Hall–Kier alpha value is -0.560. The van der Waals surface area contributed by atoms with Crippen molar-refractivity contribution in [3.63, 3.8) is 0 Å². The Balaban J connectivity index is 3.94. The molecule has 0 radical (unpaired) electrons. The lowest BCUT2D eigenvalue weighted by Gasteiger charge is -1.80. The molecule has 0 bridgehead atoms. The van der Waals surface area contributed by atoms with Gasteiger partial charge in [-0.1, -0.05) is 24.3 Å². The molecule has 0 N–H and O–H groups in total. The highest BCUT2D eigenvalue weighted by Gasteiger charge is 1.85. The van der Waals surface area contributed by atoms with Gasteiger partial charge in [0, 0.05) is 5.03 Å². The van der Waals surface area contributed by atoms with Crippen molar-refractivity contribution in [1.29, 1.82) is 0 Å². The van der Waals surface area contributed by atoms with E-state index in [4.69, 9.17) is 11.6 Å². The average Bonchev–Trinajstić information content (AvgIpc) is 1.65. The summed E-state index contributed by atoms with van der Waals surface area (Å²) in [6, 6.07) is 0. The number of rotatable bonds is 2. The van der Waals surface area contributed by atoms with Crippen LogP contribution in [0.3, 0.4) is 0 Å². The smallest absolute Gasteiger partial charge is 0.154 e. The van der Waals surface area contributed by atoms with E-state index in [1.54, 1.807) is 0 Å². The van der Waals surface area contributed by atoms with E-state index in [0.717, 1.165) is 0 Å². The standard InChI is InChI=1S/C6H7ClO/c1-3-6(7)4-5(2)8/h3-4H,1H2,2H3.